The van der Waals surface area contributed by atoms with E-state index < -0.39 is 0 Å². The third kappa shape index (κ3) is 2.52. The highest BCUT2D eigenvalue weighted by atomic mass is 32.2. The fraction of sp³-hybridized carbons (Fsp3) is 0.333. The summed E-state index contributed by atoms with van der Waals surface area (Å²) >= 11 is 2.03. The largest absolute Gasteiger partial charge is 0.300 e. The Hall–Kier alpha value is -1.81. The lowest BCUT2D eigenvalue weighted by Gasteiger charge is -2.15. The van der Waals surface area contributed by atoms with Crippen LogP contribution in [0, 0.1) is 6.92 Å². The molecule has 4 heteroatoms. The summed E-state index contributed by atoms with van der Waals surface area (Å²) in [5.41, 5.74) is 4.66. The first-order valence-electron chi connectivity index (χ1n) is 7.80. The van der Waals surface area contributed by atoms with Crippen molar-refractivity contribution < 1.29 is 0 Å². The van der Waals surface area contributed by atoms with Crippen molar-refractivity contribution in [3.63, 3.8) is 0 Å². The number of benzene rings is 1. The van der Waals surface area contributed by atoms with E-state index in [1.54, 1.807) is 0 Å². The lowest BCUT2D eigenvalue weighted by atomic mass is 10.1. The Bertz CT molecular complexity index is 803. The number of nitrogens with zero attached hydrogens (tertiary/aromatic N) is 3. The summed E-state index contributed by atoms with van der Waals surface area (Å²) in [5, 5.41) is 0.486. The summed E-state index contributed by atoms with van der Waals surface area (Å²) < 4.78 is 2.37. The molecule has 112 valence electrons. The summed E-state index contributed by atoms with van der Waals surface area (Å²) in [5.74, 6) is 2.37. The van der Waals surface area contributed by atoms with Gasteiger partial charge in [-0.15, -0.1) is 11.8 Å². The van der Waals surface area contributed by atoms with E-state index in [0.29, 0.717) is 5.37 Å². The fourth-order valence-corrected chi connectivity index (χ4v) is 4.48. The Morgan fingerprint density at radius 2 is 2.23 bits per heavy atom. The summed E-state index contributed by atoms with van der Waals surface area (Å²) in [6, 6.07) is 12.7. The minimum absolute atomic E-state index is 0.486. The maximum Gasteiger partial charge on any atom is 0.160 e. The van der Waals surface area contributed by atoms with Crippen molar-refractivity contribution in [2.45, 2.75) is 31.6 Å². The zero-order chi connectivity index (χ0) is 14.9. The number of fused-ring (bicyclic) bond motifs is 1. The van der Waals surface area contributed by atoms with Gasteiger partial charge in [-0.2, -0.15) is 0 Å². The standard InChI is InChI=1S/C18H19N3S/c1-13-5-2-6-14(11-13)12-16-20-15-7-3-9-19-18(15)21(16)17-8-4-10-22-17/h2-3,5-7,9,11,17H,4,8,10,12H2,1H3. The van der Waals surface area contributed by atoms with Gasteiger partial charge in [0.15, 0.2) is 5.65 Å². The van der Waals surface area contributed by atoms with Crippen LogP contribution >= 0.6 is 11.8 Å². The molecule has 22 heavy (non-hydrogen) atoms. The van der Waals surface area contributed by atoms with Gasteiger partial charge in [0, 0.05) is 12.6 Å². The quantitative estimate of drug-likeness (QED) is 0.720. The second-order valence-corrected chi connectivity index (χ2v) is 7.16. The van der Waals surface area contributed by atoms with Crippen LogP contribution in [0.15, 0.2) is 42.6 Å². The number of hydrogen-bond donors (Lipinski definition) is 0. The van der Waals surface area contributed by atoms with E-state index in [9.17, 15) is 0 Å². The van der Waals surface area contributed by atoms with Crippen LogP contribution in [0.4, 0.5) is 0 Å². The van der Waals surface area contributed by atoms with Crippen molar-refractivity contribution >= 4 is 22.9 Å². The SMILES string of the molecule is Cc1cccc(Cc2nc3cccnc3n2C2CCCS2)c1. The molecule has 4 rings (SSSR count). The molecule has 1 atom stereocenters. The first kappa shape index (κ1) is 13.8. The van der Waals surface area contributed by atoms with Gasteiger partial charge in [0.1, 0.15) is 11.3 Å². The predicted octanol–water partition coefficient (Wildman–Crippen LogP) is 4.36. The lowest BCUT2D eigenvalue weighted by molar-refractivity contribution is 0.629. The van der Waals surface area contributed by atoms with Crippen LogP contribution in [-0.2, 0) is 6.42 Å². The van der Waals surface area contributed by atoms with E-state index in [1.807, 2.05) is 24.0 Å². The van der Waals surface area contributed by atoms with Gasteiger partial charge in [-0.25, -0.2) is 9.97 Å². The average Bonchev–Trinajstić information content (AvgIpc) is 3.13. The van der Waals surface area contributed by atoms with Crippen molar-refractivity contribution in [1.29, 1.82) is 0 Å². The predicted molar refractivity (Wildman–Crippen MR) is 92.2 cm³/mol. The van der Waals surface area contributed by atoms with Crippen molar-refractivity contribution in [1.82, 2.24) is 14.5 Å². The van der Waals surface area contributed by atoms with Gasteiger partial charge in [-0.05, 0) is 43.2 Å². The Kier molecular flexibility index (Phi) is 3.62. The molecule has 0 saturated carbocycles. The third-order valence-electron chi connectivity index (χ3n) is 4.16. The Morgan fingerprint density at radius 3 is 3.05 bits per heavy atom. The van der Waals surface area contributed by atoms with Gasteiger partial charge in [-0.3, -0.25) is 4.57 Å². The minimum Gasteiger partial charge on any atom is -0.300 e. The van der Waals surface area contributed by atoms with E-state index in [2.05, 4.69) is 46.8 Å². The second-order valence-electron chi connectivity index (χ2n) is 5.88. The van der Waals surface area contributed by atoms with Crippen LogP contribution in [0.2, 0.25) is 0 Å². The average molecular weight is 309 g/mol. The van der Waals surface area contributed by atoms with Crippen LogP contribution in [0.25, 0.3) is 11.2 Å². The molecule has 1 aromatic carbocycles. The third-order valence-corrected chi connectivity index (χ3v) is 5.52. The molecule has 0 radical (unpaired) electrons. The number of aryl methyl sites for hydroxylation is 1. The molecule has 1 aliphatic rings. The molecule has 0 N–H and O–H groups in total. The number of pyridine rings is 1. The molecule has 1 saturated heterocycles. The fourth-order valence-electron chi connectivity index (χ4n) is 3.17. The molecule has 0 spiro atoms. The Morgan fingerprint density at radius 1 is 1.27 bits per heavy atom. The number of thioether (sulfide) groups is 1. The second kappa shape index (κ2) is 5.76. The van der Waals surface area contributed by atoms with Crippen molar-refractivity contribution in [3.05, 3.63) is 59.5 Å². The monoisotopic (exact) mass is 309 g/mol. The van der Waals surface area contributed by atoms with Gasteiger partial charge in [0.2, 0.25) is 0 Å². The van der Waals surface area contributed by atoms with Crippen molar-refractivity contribution in [3.8, 4) is 0 Å². The molecule has 1 unspecified atom stereocenters. The van der Waals surface area contributed by atoms with Gasteiger partial charge >= 0.3 is 0 Å². The Balaban J connectivity index is 1.80. The van der Waals surface area contributed by atoms with E-state index in [-0.39, 0.29) is 0 Å². The zero-order valence-corrected chi connectivity index (χ0v) is 13.5. The molecule has 3 aromatic rings. The molecule has 3 heterocycles. The maximum absolute atomic E-state index is 4.87. The topological polar surface area (TPSA) is 30.7 Å². The molecular formula is C18H19N3S. The zero-order valence-electron chi connectivity index (χ0n) is 12.7. The Labute approximate surface area is 134 Å². The van der Waals surface area contributed by atoms with Gasteiger partial charge < -0.3 is 0 Å². The van der Waals surface area contributed by atoms with Crippen LogP contribution in [0.1, 0.15) is 35.2 Å². The highest BCUT2D eigenvalue weighted by Crippen LogP contribution is 2.38. The lowest BCUT2D eigenvalue weighted by Crippen LogP contribution is -2.08. The van der Waals surface area contributed by atoms with Crippen molar-refractivity contribution in [2.24, 2.45) is 0 Å². The molecule has 2 aromatic heterocycles. The van der Waals surface area contributed by atoms with Crippen LogP contribution in [-0.4, -0.2) is 20.3 Å². The van der Waals surface area contributed by atoms with Crippen LogP contribution < -0.4 is 0 Å². The molecule has 1 fully saturated rings. The first-order valence-corrected chi connectivity index (χ1v) is 8.85. The van der Waals surface area contributed by atoms with Crippen LogP contribution in [0.5, 0.6) is 0 Å². The van der Waals surface area contributed by atoms with Gasteiger partial charge in [0.25, 0.3) is 0 Å². The van der Waals surface area contributed by atoms with E-state index in [4.69, 9.17) is 4.98 Å². The number of imidazole rings is 1. The molecule has 0 bridgehead atoms. The molecule has 3 nitrogen and oxygen atoms in total. The minimum atomic E-state index is 0.486. The molecule has 1 aliphatic heterocycles. The highest BCUT2D eigenvalue weighted by molar-refractivity contribution is 7.99. The summed E-state index contributed by atoms with van der Waals surface area (Å²) in [6.45, 7) is 2.14. The summed E-state index contributed by atoms with van der Waals surface area (Å²) in [4.78, 5) is 9.46. The van der Waals surface area contributed by atoms with Gasteiger partial charge in [0.05, 0.1) is 5.37 Å². The number of rotatable bonds is 3. The van der Waals surface area contributed by atoms with E-state index >= 15 is 0 Å². The normalized spacial score (nSPS) is 18.1. The molecular weight excluding hydrogens is 290 g/mol. The highest BCUT2D eigenvalue weighted by Gasteiger charge is 2.23. The van der Waals surface area contributed by atoms with E-state index in [1.165, 1.54) is 29.7 Å². The number of aromatic nitrogens is 3. The summed E-state index contributed by atoms with van der Waals surface area (Å²) in [6.07, 6.45) is 5.24. The van der Waals surface area contributed by atoms with Crippen molar-refractivity contribution in [2.75, 3.05) is 5.75 Å². The molecule has 0 amide bonds. The van der Waals surface area contributed by atoms with E-state index in [0.717, 1.165) is 23.4 Å². The molecule has 0 aliphatic carbocycles. The number of hydrogen-bond acceptors (Lipinski definition) is 3. The maximum atomic E-state index is 4.87. The first-order chi connectivity index (χ1) is 10.8. The van der Waals surface area contributed by atoms with Gasteiger partial charge in [-0.1, -0.05) is 29.8 Å². The smallest absolute Gasteiger partial charge is 0.160 e. The summed E-state index contributed by atoms with van der Waals surface area (Å²) in [7, 11) is 0. The van der Waals surface area contributed by atoms with Crippen LogP contribution in [0.3, 0.4) is 0 Å².